The van der Waals surface area contributed by atoms with Crippen molar-refractivity contribution in [3.05, 3.63) is 29.6 Å². The normalized spacial score (nSPS) is 12.3. The van der Waals surface area contributed by atoms with Crippen LogP contribution in [0.1, 0.15) is 26.3 Å². The van der Waals surface area contributed by atoms with Gasteiger partial charge in [0.25, 0.3) is 0 Å². The molecule has 0 aliphatic rings. The molecule has 1 rings (SSSR count). The summed E-state index contributed by atoms with van der Waals surface area (Å²) in [6, 6.07) is 0.154. The number of nitrogens with zero attached hydrogens (tertiary/aromatic N) is 1. The summed E-state index contributed by atoms with van der Waals surface area (Å²) in [7, 11) is 0. The first-order chi connectivity index (χ1) is 13.0. The minimum atomic E-state index is -4.86. The van der Waals surface area contributed by atoms with Crippen molar-refractivity contribution in [2.24, 2.45) is 0 Å². The van der Waals surface area contributed by atoms with Gasteiger partial charge in [0.1, 0.15) is 17.9 Å². The fourth-order valence-electron chi connectivity index (χ4n) is 1.94. The number of benzene rings is 1. The molecule has 0 unspecified atom stereocenters. The van der Waals surface area contributed by atoms with Crippen LogP contribution >= 0.6 is 0 Å². The molecule has 0 saturated carbocycles. The van der Waals surface area contributed by atoms with Gasteiger partial charge in [0.15, 0.2) is 5.75 Å². The summed E-state index contributed by atoms with van der Waals surface area (Å²) in [5, 5.41) is 4.16. The van der Waals surface area contributed by atoms with Crippen molar-refractivity contribution in [3.63, 3.8) is 0 Å². The summed E-state index contributed by atoms with van der Waals surface area (Å²) in [4.78, 5) is 29.0. The van der Waals surface area contributed by atoms with Gasteiger partial charge in [0.05, 0.1) is 12.1 Å². The Kier molecular flexibility index (Phi) is 7.33. The summed E-state index contributed by atoms with van der Waals surface area (Å²) in [6.07, 6.45) is -9.53. The molecule has 1 aromatic carbocycles. The maximum absolute atomic E-state index is 13.4. The lowest BCUT2D eigenvalue weighted by Crippen LogP contribution is -2.59. The predicted octanol–water partition coefficient (Wildman–Crippen LogP) is 3.63. The van der Waals surface area contributed by atoms with Crippen LogP contribution in [-0.4, -0.2) is 41.8 Å². The molecule has 0 aliphatic carbocycles. The van der Waals surface area contributed by atoms with E-state index < -0.39 is 53.5 Å². The molecule has 164 valence electrons. The highest BCUT2D eigenvalue weighted by molar-refractivity contribution is 5.90. The van der Waals surface area contributed by atoms with Crippen LogP contribution < -0.4 is 15.5 Å². The first-order valence-electron chi connectivity index (χ1n) is 8.05. The summed E-state index contributed by atoms with van der Waals surface area (Å²) in [5.74, 6) is -3.07. The number of urea groups is 1. The van der Waals surface area contributed by atoms with Crippen molar-refractivity contribution >= 4 is 11.9 Å². The molecule has 0 aliphatic heterocycles. The molecule has 13 heteroatoms. The van der Waals surface area contributed by atoms with Crippen molar-refractivity contribution in [1.29, 1.82) is 0 Å². The fraction of sp³-hybridized carbons (Fsp3) is 0.500. The minimum absolute atomic E-state index is 0.233. The first kappa shape index (κ1) is 24.3. The lowest BCUT2D eigenvalue weighted by Gasteiger charge is -2.29. The van der Waals surface area contributed by atoms with Gasteiger partial charge in [-0.05, 0) is 32.9 Å². The number of alkyl halides is 6. The molecule has 0 spiro atoms. The van der Waals surface area contributed by atoms with E-state index in [2.05, 4.69) is 5.32 Å². The van der Waals surface area contributed by atoms with Gasteiger partial charge < -0.3 is 15.5 Å². The molecule has 6 nitrogen and oxygen atoms in total. The number of carbonyl (C=O) groups excluding carboxylic acids is 2. The quantitative estimate of drug-likeness (QED) is 0.532. The molecule has 0 bridgehead atoms. The Balaban J connectivity index is 2.89. The lowest BCUT2D eigenvalue weighted by molar-refractivity contribution is -0.141. The maximum Gasteiger partial charge on any atom is 0.416 e. The van der Waals surface area contributed by atoms with Crippen LogP contribution in [0.25, 0.3) is 0 Å². The zero-order valence-electron chi connectivity index (χ0n) is 15.5. The van der Waals surface area contributed by atoms with Crippen LogP contribution in [0.3, 0.4) is 0 Å². The average molecular weight is 433 g/mol. The highest BCUT2D eigenvalue weighted by Crippen LogP contribution is 2.32. The number of halogens is 7. The Bertz CT molecular complexity index is 748. The highest BCUT2D eigenvalue weighted by atomic mass is 19.4. The molecule has 0 radical (unpaired) electrons. The highest BCUT2D eigenvalue weighted by Gasteiger charge is 2.36. The van der Waals surface area contributed by atoms with Crippen LogP contribution in [0.15, 0.2) is 18.2 Å². The van der Waals surface area contributed by atoms with E-state index in [9.17, 15) is 40.3 Å². The molecule has 0 aromatic heterocycles. The van der Waals surface area contributed by atoms with Crippen LogP contribution in [0, 0.1) is 5.82 Å². The van der Waals surface area contributed by atoms with E-state index in [0.717, 1.165) is 13.8 Å². The number of rotatable bonds is 6. The van der Waals surface area contributed by atoms with Gasteiger partial charge in [0, 0.05) is 6.07 Å². The number of hydroxylamine groups is 2. The van der Waals surface area contributed by atoms with Gasteiger partial charge in [-0.1, -0.05) is 0 Å². The largest absolute Gasteiger partial charge is 0.416 e. The fourth-order valence-corrected chi connectivity index (χ4v) is 1.94. The number of nitrogens with one attached hydrogen (secondary N) is 2. The summed E-state index contributed by atoms with van der Waals surface area (Å²) >= 11 is 0. The third-order valence-corrected chi connectivity index (χ3v) is 3.36. The molecule has 0 heterocycles. The molecule has 0 atom stereocenters. The number of amides is 3. The number of carbonyl (C=O) groups is 2. The molecule has 0 saturated heterocycles. The van der Waals surface area contributed by atoms with Gasteiger partial charge in [-0.25, -0.2) is 9.18 Å². The maximum atomic E-state index is 13.4. The molecule has 29 heavy (non-hydrogen) atoms. The van der Waals surface area contributed by atoms with E-state index >= 15 is 0 Å². The minimum Gasteiger partial charge on any atom is -0.375 e. The van der Waals surface area contributed by atoms with E-state index in [1.807, 2.05) is 0 Å². The molecular formula is C16H18F7N3O3. The Morgan fingerprint density at radius 1 is 1.07 bits per heavy atom. The van der Waals surface area contributed by atoms with Crippen LogP contribution in [0.2, 0.25) is 0 Å². The van der Waals surface area contributed by atoms with E-state index in [1.165, 1.54) is 6.92 Å². The molecular weight excluding hydrogens is 415 g/mol. The van der Waals surface area contributed by atoms with Gasteiger partial charge in [-0.3, -0.25) is 4.79 Å². The summed E-state index contributed by atoms with van der Waals surface area (Å²) in [5.41, 5.74) is -3.17. The Morgan fingerprint density at radius 2 is 1.66 bits per heavy atom. The third kappa shape index (κ3) is 7.66. The van der Waals surface area contributed by atoms with Crippen molar-refractivity contribution in [3.8, 4) is 5.75 Å². The third-order valence-electron chi connectivity index (χ3n) is 3.36. The second-order valence-electron chi connectivity index (χ2n) is 6.31. The van der Waals surface area contributed by atoms with Crippen molar-refractivity contribution in [2.45, 2.75) is 38.7 Å². The molecule has 2 N–H and O–H groups in total. The number of hydrogen-bond acceptors (Lipinski definition) is 3. The SMILES string of the molecule is CCN(Oc1cc(F)cc(C(F)(F)F)c1)C(=O)NC(C)(C)C(=O)NCC(F)(F)F. The second-order valence-corrected chi connectivity index (χ2v) is 6.31. The summed E-state index contributed by atoms with van der Waals surface area (Å²) in [6.45, 7) is 1.70. The zero-order chi connectivity index (χ0) is 22.6. The van der Waals surface area contributed by atoms with Crippen LogP contribution in [0.5, 0.6) is 5.75 Å². The van der Waals surface area contributed by atoms with E-state index in [0.29, 0.717) is 17.2 Å². The van der Waals surface area contributed by atoms with E-state index in [-0.39, 0.29) is 12.6 Å². The predicted molar refractivity (Wildman–Crippen MR) is 86.1 cm³/mol. The molecule has 1 aromatic rings. The Morgan fingerprint density at radius 3 is 2.14 bits per heavy atom. The summed E-state index contributed by atoms with van der Waals surface area (Å²) < 4.78 is 88.3. The zero-order valence-corrected chi connectivity index (χ0v) is 15.5. The second kappa shape index (κ2) is 8.74. The monoisotopic (exact) mass is 433 g/mol. The average Bonchev–Trinajstić information content (AvgIpc) is 2.54. The van der Waals surface area contributed by atoms with E-state index in [1.54, 1.807) is 5.32 Å². The topological polar surface area (TPSA) is 70.7 Å². The first-order valence-corrected chi connectivity index (χ1v) is 8.05. The van der Waals surface area contributed by atoms with Crippen molar-refractivity contribution in [1.82, 2.24) is 15.7 Å². The van der Waals surface area contributed by atoms with Gasteiger partial charge in [-0.2, -0.15) is 31.4 Å². The Hall–Kier alpha value is -2.73. The van der Waals surface area contributed by atoms with E-state index in [4.69, 9.17) is 4.84 Å². The lowest BCUT2D eigenvalue weighted by atomic mass is 10.1. The van der Waals surface area contributed by atoms with Crippen LogP contribution in [-0.2, 0) is 11.0 Å². The van der Waals surface area contributed by atoms with Gasteiger partial charge in [-0.15, -0.1) is 0 Å². The molecule has 0 fully saturated rings. The number of hydrogen-bond donors (Lipinski definition) is 2. The molecule has 3 amide bonds. The van der Waals surface area contributed by atoms with Gasteiger partial charge >= 0.3 is 18.4 Å². The smallest absolute Gasteiger partial charge is 0.375 e. The van der Waals surface area contributed by atoms with Crippen molar-refractivity contribution < 1.29 is 45.2 Å². The standard InChI is InChI=1S/C16H18F7N3O3/c1-4-26(29-11-6-9(16(21,22)23)5-10(17)7-11)13(28)25-14(2,3)12(27)24-8-15(18,19)20/h5-7H,4,8H2,1-3H3,(H,24,27)(H,25,28). The Labute approximate surface area is 160 Å². The van der Waals surface area contributed by atoms with Crippen molar-refractivity contribution in [2.75, 3.05) is 13.1 Å². The van der Waals surface area contributed by atoms with Crippen LogP contribution in [0.4, 0.5) is 35.5 Å². The van der Waals surface area contributed by atoms with Gasteiger partial charge in [0.2, 0.25) is 5.91 Å².